The lowest BCUT2D eigenvalue weighted by Gasteiger charge is -2.34. The number of hydrogen-bond acceptors (Lipinski definition) is 5. The Morgan fingerprint density at radius 3 is 2.56 bits per heavy atom. The lowest BCUT2D eigenvalue weighted by molar-refractivity contribution is -0.141. The van der Waals surface area contributed by atoms with E-state index in [2.05, 4.69) is 22.4 Å². The Morgan fingerprint density at radius 2 is 1.82 bits per heavy atom. The molecule has 34 heavy (non-hydrogen) atoms. The zero-order valence-electron chi connectivity index (χ0n) is 20.6. The van der Waals surface area contributed by atoms with Crippen LogP contribution in [0.2, 0.25) is 0 Å². The Kier molecular flexibility index (Phi) is 8.44. The second-order valence-electron chi connectivity index (χ2n) is 9.97. The van der Waals surface area contributed by atoms with Gasteiger partial charge in [0.2, 0.25) is 5.91 Å². The van der Waals surface area contributed by atoms with Crippen LogP contribution in [0.25, 0.3) is 0 Å². The minimum Gasteiger partial charge on any atom is -0.334 e. The summed E-state index contributed by atoms with van der Waals surface area (Å²) in [5.41, 5.74) is 2.99. The Balaban J connectivity index is 1.53. The molecule has 1 amide bonds. The largest absolute Gasteiger partial charge is 0.334 e. The standard InChI is InChI=1S/C28H38N4O2/c1-20(29-2)27(33)17-24(22-12-7-4-8-13-22)28(34)32-15-9-14-26(32)25-19-30-18-23(31-25)16-21-10-5-3-6-11-21/h3,5-6,10-11,18-20,22,24,26,29H,4,7-9,12-17H2,1-2H3/t20-,24-,26-/m0/s1. The molecule has 1 aromatic carbocycles. The zero-order valence-corrected chi connectivity index (χ0v) is 20.6. The summed E-state index contributed by atoms with van der Waals surface area (Å²) in [6.07, 6.45) is 12.2. The van der Waals surface area contributed by atoms with Crippen LogP contribution < -0.4 is 5.32 Å². The molecule has 1 saturated carbocycles. The Bertz CT molecular complexity index is 958. The van der Waals surface area contributed by atoms with Crippen LogP contribution in [-0.2, 0) is 16.0 Å². The van der Waals surface area contributed by atoms with Crippen LogP contribution in [0.1, 0.15) is 81.3 Å². The third-order valence-corrected chi connectivity index (χ3v) is 7.68. The topological polar surface area (TPSA) is 75.2 Å². The average molecular weight is 463 g/mol. The van der Waals surface area contributed by atoms with Gasteiger partial charge in [0.15, 0.2) is 0 Å². The molecule has 4 rings (SSSR count). The summed E-state index contributed by atoms with van der Waals surface area (Å²) in [7, 11) is 1.80. The molecule has 0 bridgehead atoms. The molecule has 6 nitrogen and oxygen atoms in total. The predicted molar refractivity (Wildman–Crippen MR) is 133 cm³/mol. The average Bonchev–Trinajstić information content (AvgIpc) is 3.38. The number of carbonyl (C=O) groups excluding carboxylic acids is 2. The summed E-state index contributed by atoms with van der Waals surface area (Å²) in [5.74, 6) is 0.337. The number of hydrogen-bond donors (Lipinski definition) is 1. The van der Waals surface area contributed by atoms with Crippen LogP contribution in [0.15, 0.2) is 42.7 Å². The third-order valence-electron chi connectivity index (χ3n) is 7.68. The molecular formula is C28H38N4O2. The van der Waals surface area contributed by atoms with Gasteiger partial charge in [-0.2, -0.15) is 0 Å². The van der Waals surface area contributed by atoms with Gasteiger partial charge in [-0.1, -0.05) is 49.6 Å². The highest BCUT2D eigenvalue weighted by molar-refractivity contribution is 5.90. The summed E-state index contributed by atoms with van der Waals surface area (Å²) in [6, 6.07) is 9.98. The Morgan fingerprint density at radius 1 is 1.06 bits per heavy atom. The monoisotopic (exact) mass is 462 g/mol. The van der Waals surface area contributed by atoms with E-state index >= 15 is 0 Å². The zero-order chi connectivity index (χ0) is 23.9. The lowest BCUT2D eigenvalue weighted by atomic mass is 9.76. The number of benzene rings is 1. The van der Waals surface area contributed by atoms with Crippen molar-refractivity contribution < 1.29 is 9.59 Å². The van der Waals surface area contributed by atoms with Crippen molar-refractivity contribution in [2.75, 3.05) is 13.6 Å². The van der Waals surface area contributed by atoms with Gasteiger partial charge in [-0.3, -0.25) is 19.6 Å². The molecule has 1 N–H and O–H groups in total. The molecule has 182 valence electrons. The number of Topliss-reactive ketones (excluding diaryl/α,β-unsaturated/α-hetero) is 1. The molecule has 1 aliphatic heterocycles. The van der Waals surface area contributed by atoms with E-state index in [1.807, 2.05) is 42.4 Å². The van der Waals surface area contributed by atoms with Gasteiger partial charge in [-0.05, 0) is 51.1 Å². The summed E-state index contributed by atoms with van der Waals surface area (Å²) >= 11 is 0. The quantitative estimate of drug-likeness (QED) is 0.594. The fourth-order valence-electron chi connectivity index (χ4n) is 5.57. The molecule has 0 unspecified atom stereocenters. The van der Waals surface area contributed by atoms with Crippen molar-refractivity contribution in [1.82, 2.24) is 20.2 Å². The van der Waals surface area contributed by atoms with Crippen molar-refractivity contribution in [2.45, 2.75) is 76.8 Å². The maximum absolute atomic E-state index is 14.0. The highest BCUT2D eigenvalue weighted by Crippen LogP contribution is 2.38. The first-order valence-corrected chi connectivity index (χ1v) is 12.9. The number of rotatable bonds is 9. The van der Waals surface area contributed by atoms with Gasteiger partial charge >= 0.3 is 0 Å². The molecule has 2 fully saturated rings. The number of aromatic nitrogens is 2. The molecule has 2 aromatic rings. The van der Waals surface area contributed by atoms with Crippen molar-refractivity contribution in [1.29, 1.82) is 0 Å². The minimum atomic E-state index is -0.232. The van der Waals surface area contributed by atoms with Gasteiger partial charge in [0.25, 0.3) is 0 Å². The number of nitrogens with one attached hydrogen (secondary N) is 1. The number of amides is 1. The Labute approximate surface area is 203 Å². The van der Waals surface area contributed by atoms with Crippen LogP contribution in [0.4, 0.5) is 0 Å². The van der Waals surface area contributed by atoms with E-state index in [1.54, 1.807) is 7.05 Å². The smallest absolute Gasteiger partial charge is 0.226 e. The summed E-state index contributed by atoms with van der Waals surface area (Å²) in [4.78, 5) is 38.2. The van der Waals surface area contributed by atoms with Crippen molar-refractivity contribution in [3.8, 4) is 0 Å². The molecule has 2 heterocycles. The van der Waals surface area contributed by atoms with Crippen molar-refractivity contribution in [3.05, 3.63) is 59.7 Å². The summed E-state index contributed by atoms with van der Waals surface area (Å²) in [6.45, 7) is 2.62. The van der Waals surface area contributed by atoms with Gasteiger partial charge in [-0.25, -0.2) is 0 Å². The SMILES string of the molecule is CN[C@@H](C)C(=O)C[C@H](C(=O)N1CCC[C@H]1c1cncc(Cc2ccccc2)n1)C1CCCCC1. The normalized spacial score (nSPS) is 20.8. The van der Waals surface area contributed by atoms with Gasteiger partial charge in [0, 0.05) is 31.5 Å². The van der Waals surface area contributed by atoms with E-state index in [4.69, 9.17) is 4.98 Å². The van der Waals surface area contributed by atoms with Crippen LogP contribution >= 0.6 is 0 Å². The number of likely N-dealkylation sites (N-methyl/N-ethyl adjacent to an activating group) is 1. The highest BCUT2D eigenvalue weighted by Gasteiger charge is 2.39. The third kappa shape index (κ3) is 5.90. The molecule has 1 saturated heterocycles. The van der Waals surface area contributed by atoms with Gasteiger partial charge < -0.3 is 10.2 Å². The molecule has 1 aliphatic carbocycles. The van der Waals surface area contributed by atoms with Crippen molar-refractivity contribution in [3.63, 3.8) is 0 Å². The summed E-state index contributed by atoms with van der Waals surface area (Å²) < 4.78 is 0. The highest BCUT2D eigenvalue weighted by atomic mass is 16.2. The van der Waals surface area contributed by atoms with Crippen molar-refractivity contribution >= 4 is 11.7 Å². The molecular weight excluding hydrogens is 424 g/mol. The van der Waals surface area contributed by atoms with Crippen molar-refractivity contribution in [2.24, 2.45) is 11.8 Å². The second kappa shape index (κ2) is 11.7. The number of nitrogens with zero attached hydrogens (tertiary/aromatic N) is 3. The van der Waals surface area contributed by atoms with E-state index in [0.29, 0.717) is 12.3 Å². The molecule has 2 aliphatic rings. The molecule has 6 heteroatoms. The van der Waals surface area contributed by atoms with Gasteiger partial charge in [0.1, 0.15) is 5.78 Å². The first-order valence-electron chi connectivity index (χ1n) is 12.9. The second-order valence-corrected chi connectivity index (χ2v) is 9.97. The maximum atomic E-state index is 14.0. The Hall–Kier alpha value is -2.60. The van der Waals surface area contributed by atoms with Crippen LogP contribution in [0.5, 0.6) is 0 Å². The van der Waals surface area contributed by atoms with E-state index in [0.717, 1.165) is 62.9 Å². The molecule has 0 spiro atoms. The molecule has 1 aromatic heterocycles. The summed E-state index contributed by atoms with van der Waals surface area (Å²) in [5, 5.41) is 3.05. The van der Waals surface area contributed by atoms with E-state index in [1.165, 1.54) is 12.0 Å². The van der Waals surface area contributed by atoms with Crippen LogP contribution in [0, 0.1) is 11.8 Å². The number of likely N-dealkylation sites (tertiary alicyclic amines) is 1. The minimum absolute atomic E-state index is 0.0568. The predicted octanol–water partition coefficient (Wildman–Crippen LogP) is 4.49. The van der Waals surface area contributed by atoms with E-state index < -0.39 is 0 Å². The lowest BCUT2D eigenvalue weighted by Crippen LogP contribution is -2.42. The van der Waals surface area contributed by atoms with Crippen LogP contribution in [0.3, 0.4) is 0 Å². The number of carbonyl (C=O) groups is 2. The maximum Gasteiger partial charge on any atom is 0.226 e. The fourth-order valence-corrected chi connectivity index (χ4v) is 5.57. The molecule has 0 radical (unpaired) electrons. The number of ketones is 1. The van der Waals surface area contributed by atoms with E-state index in [9.17, 15) is 9.59 Å². The fraction of sp³-hybridized carbons (Fsp3) is 0.571. The van der Waals surface area contributed by atoms with Gasteiger partial charge in [0.05, 0.1) is 29.7 Å². The molecule has 3 atom stereocenters. The van der Waals surface area contributed by atoms with Crippen LogP contribution in [-0.4, -0.2) is 46.2 Å². The first-order chi connectivity index (χ1) is 16.6. The van der Waals surface area contributed by atoms with Gasteiger partial charge in [-0.15, -0.1) is 0 Å². The first kappa shape index (κ1) is 24.5. The van der Waals surface area contributed by atoms with E-state index in [-0.39, 0.29) is 29.7 Å².